The molecule has 1 saturated carbocycles. The Hall–Kier alpha value is -1.35. The second kappa shape index (κ2) is 7.44. The first-order chi connectivity index (χ1) is 9.65. The summed E-state index contributed by atoms with van der Waals surface area (Å²) < 4.78 is 0. The van der Waals surface area contributed by atoms with Crippen molar-refractivity contribution in [2.75, 3.05) is 6.54 Å². The summed E-state index contributed by atoms with van der Waals surface area (Å²) in [5, 5.41) is 12.6. The van der Waals surface area contributed by atoms with Crippen LogP contribution < -0.4 is 5.32 Å². The molecule has 2 rings (SSSR count). The molecule has 1 fully saturated rings. The standard InChI is InChI=1S/C17H25NO2/c1-13(15-7-3-2-4-8-15)10-17(20)18-12-14-6-5-9-16(19)11-14/h2-4,7-8,13-14,16,19H,5-6,9-12H2,1H3,(H,18,20). The van der Waals surface area contributed by atoms with Gasteiger partial charge in [0.15, 0.2) is 0 Å². The smallest absolute Gasteiger partial charge is 0.220 e. The minimum absolute atomic E-state index is 0.112. The Morgan fingerprint density at radius 2 is 2.10 bits per heavy atom. The Morgan fingerprint density at radius 1 is 1.35 bits per heavy atom. The molecule has 3 nitrogen and oxygen atoms in total. The fraction of sp³-hybridized carbons (Fsp3) is 0.588. The highest BCUT2D eigenvalue weighted by Crippen LogP contribution is 2.24. The van der Waals surface area contributed by atoms with E-state index in [0.29, 0.717) is 18.9 Å². The largest absolute Gasteiger partial charge is 0.393 e. The quantitative estimate of drug-likeness (QED) is 0.868. The molecule has 0 bridgehead atoms. The van der Waals surface area contributed by atoms with E-state index >= 15 is 0 Å². The minimum Gasteiger partial charge on any atom is -0.393 e. The number of carbonyl (C=O) groups excluding carboxylic acids is 1. The van der Waals surface area contributed by atoms with Crippen molar-refractivity contribution < 1.29 is 9.90 Å². The zero-order valence-electron chi connectivity index (χ0n) is 12.2. The normalized spacial score (nSPS) is 24.1. The molecule has 0 radical (unpaired) electrons. The monoisotopic (exact) mass is 275 g/mol. The van der Waals surface area contributed by atoms with E-state index in [1.54, 1.807) is 0 Å². The number of carbonyl (C=O) groups is 1. The second-order valence-electron chi connectivity index (χ2n) is 6.01. The van der Waals surface area contributed by atoms with E-state index in [0.717, 1.165) is 25.7 Å². The molecular formula is C17H25NO2. The average molecular weight is 275 g/mol. The first-order valence-corrected chi connectivity index (χ1v) is 7.65. The molecule has 3 heteroatoms. The van der Waals surface area contributed by atoms with Crippen molar-refractivity contribution in [3.05, 3.63) is 35.9 Å². The zero-order chi connectivity index (χ0) is 14.4. The van der Waals surface area contributed by atoms with Gasteiger partial charge in [-0.1, -0.05) is 43.7 Å². The Morgan fingerprint density at radius 3 is 2.80 bits per heavy atom. The van der Waals surface area contributed by atoms with E-state index in [2.05, 4.69) is 24.4 Å². The van der Waals surface area contributed by atoms with Gasteiger partial charge in [0.2, 0.25) is 5.91 Å². The van der Waals surface area contributed by atoms with Crippen molar-refractivity contribution in [2.45, 2.75) is 51.0 Å². The van der Waals surface area contributed by atoms with Gasteiger partial charge in [-0.15, -0.1) is 0 Å². The Kier molecular flexibility index (Phi) is 5.60. The van der Waals surface area contributed by atoms with Crippen LogP contribution >= 0.6 is 0 Å². The summed E-state index contributed by atoms with van der Waals surface area (Å²) in [6.45, 7) is 2.79. The van der Waals surface area contributed by atoms with Gasteiger partial charge in [0, 0.05) is 13.0 Å². The number of nitrogens with one attached hydrogen (secondary N) is 1. The number of hydrogen-bond acceptors (Lipinski definition) is 2. The molecule has 110 valence electrons. The molecule has 1 aromatic carbocycles. The molecule has 0 heterocycles. The lowest BCUT2D eigenvalue weighted by Gasteiger charge is -2.26. The minimum atomic E-state index is -0.172. The summed E-state index contributed by atoms with van der Waals surface area (Å²) in [7, 11) is 0. The third-order valence-corrected chi connectivity index (χ3v) is 4.20. The lowest BCUT2D eigenvalue weighted by Crippen LogP contribution is -2.33. The fourth-order valence-electron chi connectivity index (χ4n) is 2.96. The number of benzene rings is 1. The number of aliphatic hydroxyl groups excluding tert-OH is 1. The Labute approximate surface area is 121 Å². The van der Waals surface area contributed by atoms with Crippen LogP contribution in [0, 0.1) is 5.92 Å². The molecule has 20 heavy (non-hydrogen) atoms. The Balaban J connectivity index is 1.72. The van der Waals surface area contributed by atoms with Gasteiger partial charge >= 0.3 is 0 Å². The van der Waals surface area contributed by atoms with E-state index in [9.17, 15) is 9.90 Å². The van der Waals surface area contributed by atoms with E-state index in [1.165, 1.54) is 5.56 Å². The van der Waals surface area contributed by atoms with Crippen LogP contribution in [0.15, 0.2) is 30.3 Å². The van der Waals surface area contributed by atoms with Crippen molar-refractivity contribution in [3.8, 4) is 0 Å². The van der Waals surface area contributed by atoms with Crippen LogP contribution in [0.2, 0.25) is 0 Å². The summed E-state index contributed by atoms with van der Waals surface area (Å²) >= 11 is 0. The van der Waals surface area contributed by atoms with Gasteiger partial charge in [0.1, 0.15) is 0 Å². The zero-order valence-corrected chi connectivity index (χ0v) is 12.2. The number of hydrogen-bond donors (Lipinski definition) is 2. The molecule has 1 aromatic rings. The van der Waals surface area contributed by atoms with Crippen LogP contribution in [-0.2, 0) is 4.79 Å². The van der Waals surface area contributed by atoms with E-state index in [-0.39, 0.29) is 17.9 Å². The fourth-order valence-corrected chi connectivity index (χ4v) is 2.96. The van der Waals surface area contributed by atoms with Crippen molar-refractivity contribution in [1.82, 2.24) is 5.32 Å². The maximum Gasteiger partial charge on any atom is 0.220 e. The summed E-state index contributed by atoms with van der Waals surface area (Å²) in [6, 6.07) is 10.1. The topological polar surface area (TPSA) is 49.3 Å². The molecule has 2 N–H and O–H groups in total. The molecule has 3 unspecified atom stereocenters. The second-order valence-corrected chi connectivity index (χ2v) is 6.01. The summed E-state index contributed by atoms with van der Waals surface area (Å²) in [5.41, 5.74) is 1.20. The van der Waals surface area contributed by atoms with Crippen LogP contribution in [0.3, 0.4) is 0 Å². The van der Waals surface area contributed by atoms with Gasteiger partial charge in [-0.25, -0.2) is 0 Å². The highest BCUT2D eigenvalue weighted by atomic mass is 16.3. The van der Waals surface area contributed by atoms with Gasteiger partial charge in [0.25, 0.3) is 0 Å². The maximum atomic E-state index is 12.0. The summed E-state index contributed by atoms with van der Waals surface area (Å²) in [6.07, 6.45) is 4.28. The molecule has 0 spiro atoms. The predicted octanol–water partition coefficient (Wildman–Crippen LogP) is 2.85. The number of amides is 1. The van der Waals surface area contributed by atoms with Gasteiger partial charge in [0.05, 0.1) is 6.10 Å². The molecule has 0 aromatic heterocycles. The SMILES string of the molecule is CC(CC(=O)NCC1CCCC(O)C1)c1ccccc1. The molecule has 1 amide bonds. The van der Waals surface area contributed by atoms with Gasteiger partial charge in [-0.2, -0.15) is 0 Å². The maximum absolute atomic E-state index is 12.0. The molecule has 1 aliphatic carbocycles. The van der Waals surface area contributed by atoms with Crippen molar-refractivity contribution in [1.29, 1.82) is 0 Å². The first-order valence-electron chi connectivity index (χ1n) is 7.65. The summed E-state index contributed by atoms with van der Waals surface area (Å²) in [4.78, 5) is 12.0. The molecule has 0 aliphatic heterocycles. The third kappa shape index (κ3) is 4.64. The molecule has 0 saturated heterocycles. The average Bonchev–Trinajstić information content (AvgIpc) is 2.46. The van der Waals surface area contributed by atoms with Crippen LogP contribution in [-0.4, -0.2) is 23.7 Å². The number of rotatable bonds is 5. The van der Waals surface area contributed by atoms with Crippen LogP contribution in [0.4, 0.5) is 0 Å². The van der Waals surface area contributed by atoms with Crippen LogP contribution in [0.1, 0.15) is 50.5 Å². The van der Waals surface area contributed by atoms with E-state index < -0.39 is 0 Å². The van der Waals surface area contributed by atoms with Gasteiger partial charge in [-0.05, 0) is 36.7 Å². The van der Waals surface area contributed by atoms with Crippen molar-refractivity contribution >= 4 is 5.91 Å². The number of aliphatic hydroxyl groups is 1. The van der Waals surface area contributed by atoms with Gasteiger partial charge < -0.3 is 10.4 Å². The predicted molar refractivity (Wildman–Crippen MR) is 80.4 cm³/mol. The lowest BCUT2D eigenvalue weighted by atomic mass is 9.87. The molecule has 3 atom stereocenters. The van der Waals surface area contributed by atoms with Crippen molar-refractivity contribution in [3.63, 3.8) is 0 Å². The highest BCUT2D eigenvalue weighted by molar-refractivity contribution is 5.76. The van der Waals surface area contributed by atoms with Crippen LogP contribution in [0.5, 0.6) is 0 Å². The van der Waals surface area contributed by atoms with Crippen molar-refractivity contribution in [2.24, 2.45) is 5.92 Å². The molecule has 1 aliphatic rings. The molecular weight excluding hydrogens is 250 g/mol. The van der Waals surface area contributed by atoms with E-state index in [4.69, 9.17) is 0 Å². The lowest BCUT2D eigenvalue weighted by molar-refractivity contribution is -0.121. The van der Waals surface area contributed by atoms with E-state index in [1.807, 2.05) is 18.2 Å². The third-order valence-electron chi connectivity index (χ3n) is 4.20. The van der Waals surface area contributed by atoms with Crippen LogP contribution in [0.25, 0.3) is 0 Å². The van der Waals surface area contributed by atoms with Gasteiger partial charge in [-0.3, -0.25) is 4.79 Å². The highest BCUT2D eigenvalue weighted by Gasteiger charge is 2.20. The summed E-state index contributed by atoms with van der Waals surface area (Å²) in [5.74, 6) is 0.796. The Bertz CT molecular complexity index is 418. The first kappa shape index (κ1) is 15.0.